The molecule has 0 bridgehead atoms. The number of aliphatic hydroxyl groups excluding tert-OH is 3. The predicted molar refractivity (Wildman–Crippen MR) is 90.7 cm³/mol. The smallest absolute Gasteiger partial charge is 0.104 e. The van der Waals surface area contributed by atoms with Gasteiger partial charge in [0.1, 0.15) is 12.2 Å². The zero-order valence-electron chi connectivity index (χ0n) is 15.2. The summed E-state index contributed by atoms with van der Waals surface area (Å²) in [6, 6.07) is 0. The van der Waals surface area contributed by atoms with E-state index in [4.69, 9.17) is 23.7 Å². The first-order chi connectivity index (χ1) is 12.7. The van der Waals surface area contributed by atoms with E-state index < -0.39 is 0 Å². The third kappa shape index (κ3) is 7.74. The van der Waals surface area contributed by atoms with E-state index in [-0.39, 0.29) is 49.8 Å². The second kappa shape index (κ2) is 10.3. The van der Waals surface area contributed by atoms with E-state index in [1.54, 1.807) is 0 Å². The van der Waals surface area contributed by atoms with Crippen molar-refractivity contribution in [2.45, 2.75) is 37.3 Å². The van der Waals surface area contributed by atoms with Gasteiger partial charge in [0.05, 0.1) is 51.8 Å². The molecule has 4 aliphatic rings. The highest BCUT2D eigenvalue weighted by atomic mass is 16.6. The summed E-state index contributed by atoms with van der Waals surface area (Å²) in [4.78, 5) is 0. The first-order valence-corrected chi connectivity index (χ1v) is 9.60. The number of epoxide rings is 4. The average Bonchev–Trinajstić information content (AvgIpc) is 3.49. The molecule has 4 aliphatic heterocycles. The molecule has 4 rings (SSSR count). The molecule has 152 valence electrons. The Morgan fingerprint density at radius 3 is 1.46 bits per heavy atom. The van der Waals surface area contributed by atoms with E-state index in [0.717, 1.165) is 52.5 Å². The predicted octanol–water partition coefficient (Wildman–Crippen LogP) is -0.810. The zero-order valence-corrected chi connectivity index (χ0v) is 15.2. The summed E-state index contributed by atoms with van der Waals surface area (Å²) >= 11 is 0. The van der Waals surface area contributed by atoms with Crippen LogP contribution in [0.4, 0.5) is 0 Å². The summed E-state index contributed by atoms with van der Waals surface area (Å²) in [5, 5.41) is 28.1. The van der Waals surface area contributed by atoms with Crippen molar-refractivity contribution < 1.29 is 39.0 Å². The molecule has 8 nitrogen and oxygen atoms in total. The molecule has 0 spiro atoms. The quantitative estimate of drug-likeness (QED) is 0.357. The lowest BCUT2D eigenvalue weighted by Gasteiger charge is -2.30. The summed E-state index contributed by atoms with van der Waals surface area (Å²) in [5.41, 5.74) is 0. The summed E-state index contributed by atoms with van der Waals surface area (Å²) in [6.07, 6.45) is 2.91. The van der Waals surface area contributed by atoms with Crippen LogP contribution in [0.2, 0.25) is 0 Å². The number of hydrogen-bond donors (Lipinski definition) is 3. The van der Waals surface area contributed by atoms with Crippen LogP contribution < -0.4 is 0 Å². The van der Waals surface area contributed by atoms with Crippen molar-refractivity contribution in [1.29, 1.82) is 0 Å². The summed E-state index contributed by atoms with van der Waals surface area (Å²) in [7, 11) is 0. The van der Waals surface area contributed by atoms with E-state index in [1.165, 1.54) is 0 Å². The molecule has 26 heavy (non-hydrogen) atoms. The Morgan fingerprint density at radius 2 is 1.08 bits per heavy atom. The minimum absolute atomic E-state index is 0.0457. The topological polar surface area (TPSA) is 120 Å². The zero-order chi connectivity index (χ0) is 18.4. The Hall–Kier alpha value is -0.320. The van der Waals surface area contributed by atoms with Crippen molar-refractivity contribution in [2.75, 3.05) is 59.5 Å². The Kier molecular flexibility index (Phi) is 8.08. The summed E-state index contributed by atoms with van der Waals surface area (Å²) in [6.45, 7) is 4.78. The first-order valence-electron chi connectivity index (χ1n) is 9.60. The molecule has 0 aromatic heterocycles. The van der Waals surface area contributed by atoms with Crippen molar-refractivity contribution in [1.82, 2.24) is 0 Å². The van der Waals surface area contributed by atoms with Crippen LogP contribution in [0.5, 0.6) is 0 Å². The van der Waals surface area contributed by atoms with Crippen LogP contribution in [0.25, 0.3) is 0 Å². The van der Waals surface area contributed by atoms with Gasteiger partial charge in [-0.1, -0.05) is 0 Å². The molecule has 0 aromatic rings. The van der Waals surface area contributed by atoms with Gasteiger partial charge in [0.25, 0.3) is 0 Å². The minimum Gasteiger partial charge on any atom is -0.396 e. The highest BCUT2D eigenvalue weighted by Gasteiger charge is 2.38. The van der Waals surface area contributed by atoms with Crippen molar-refractivity contribution >= 4 is 0 Å². The number of rotatable bonds is 13. The maximum absolute atomic E-state index is 9.49. The number of hydrogen-bond acceptors (Lipinski definition) is 8. The van der Waals surface area contributed by atoms with Gasteiger partial charge in [-0.25, -0.2) is 0 Å². The molecule has 0 aromatic carbocycles. The molecule has 0 aliphatic carbocycles. The van der Waals surface area contributed by atoms with Crippen LogP contribution in [-0.2, 0) is 23.7 Å². The van der Waals surface area contributed by atoms with Gasteiger partial charge in [0.15, 0.2) is 0 Å². The fraction of sp³-hybridized carbons (Fsp3) is 1.00. The van der Waals surface area contributed by atoms with E-state index in [2.05, 4.69) is 0 Å². The van der Waals surface area contributed by atoms with Gasteiger partial charge in [-0.3, -0.25) is 0 Å². The monoisotopic (exact) mass is 376 g/mol. The molecule has 0 radical (unpaired) electrons. The molecule has 3 N–H and O–H groups in total. The molecule has 4 fully saturated rings. The standard InChI is InChI=1S/C12H22O5.C6H10O3/c13-3-8(1-10-6-16-10)12(2-11-7-17-11)9(4-14)5-15;1(5-3-8-5)7-2-6-4-9-6/h8-15H,1-7H2;5-6H,1-4H2. The summed E-state index contributed by atoms with van der Waals surface area (Å²) < 4.78 is 25.5. The van der Waals surface area contributed by atoms with Gasteiger partial charge < -0.3 is 39.0 Å². The lowest BCUT2D eigenvalue weighted by Crippen LogP contribution is -2.33. The lowest BCUT2D eigenvalue weighted by molar-refractivity contribution is 0.0423. The van der Waals surface area contributed by atoms with Gasteiger partial charge in [-0.05, 0) is 24.7 Å². The van der Waals surface area contributed by atoms with Crippen molar-refractivity contribution in [3.8, 4) is 0 Å². The summed E-state index contributed by atoms with van der Waals surface area (Å²) in [5.74, 6) is 0.0119. The van der Waals surface area contributed by atoms with E-state index in [1.807, 2.05) is 0 Å². The van der Waals surface area contributed by atoms with Gasteiger partial charge in [-0.2, -0.15) is 0 Å². The SMILES string of the molecule is C(OCC1CO1)C1CO1.OCC(CO)C(CC1CO1)C(CO)CC1CO1. The molecule has 8 heteroatoms. The van der Waals surface area contributed by atoms with Crippen LogP contribution in [0.3, 0.4) is 0 Å². The van der Waals surface area contributed by atoms with Crippen LogP contribution >= 0.6 is 0 Å². The van der Waals surface area contributed by atoms with E-state index in [9.17, 15) is 15.3 Å². The second-order valence-corrected chi connectivity index (χ2v) is 7.56. The fourth-order valence-electron chi connectivity index (χ4n) is 3.19. The third-order valence-corrected chi connectivity index (χ3v) is 5.23. The molecule has 4 heterocycles. The Balaban J connectivity index is 0.000000181. The largest absolute Gasteiger partial charge is 0.396 e. The minimum atomic E-state index is -0.171. The molecular weight excluding hydrogens is 344 g/mol. The highest BCUT2D eigenvalue weighted by molar-refractivity contribution is 4.86. The van der Waals surface area contributed by atoms with Crippen LogP contribution in [0.1, 0.15) is 12.8 Å². The van der Waals surface area contributed by atoms with E-state index >= 15 is 0 Å². The molecule has 4 saturated heterocycles. The van der Waals surface area contributed by atoms with Crippen LogP contribution in [0, 0.1) is 17.8 Å². The Bertz CT molecular complexity index is 377. The Morgan fingerprint density at radius 1 is 0.654 bits per heavy atom. The van der Waals surface area contributed by atoms with Gasteiger partial charge in [0.2, 0.25) is 0 Å². The van der Waals surface area contributed by atoms with Crippen molar-refractivity contribution in [3.05, 3.63) is 0 Å². The normalized spacial score (nSPS) is 33.2. The Labute approximate surface area is 154 Å². The maximum Gasteiger partial charge on any atom is 0.104 e. The molecule has 6 atom stereocenters. The van der Waals surface area contributed by atoms with Crippen LogP contribution in [0.15, 0.2) is 0 Å². The van der Waals surface area contributed by atoms with Gasteiger partial charge in [-0.15, -0.1) is 0 Å². The second-order valence-electron chi connectivity index (χ2n) is 7.56. The number of ether oxygens (including phenoxy) is 5. The molecule has 0 amide bonds. The van der Waals surface area contributed by atoms with E-state index in [0.29, 0.717) is 12.2 Å². The first kappa shape index (κ1) is 20.4. The maximum atomic E-state index is 9.49. The molecule has 0 saturated carbocycles. The number of aliphatic hydroxyl groups is 3. The fourth-order valence-corrected chi connectivity index (χ4v) is 3.19. The van der Waals surface area contributed by atoms with Gasteiger partial charge in [0, 0.05) is 25.7 Å². The van der Waals surface area contributed by atoms with Crippen molar-refractivity contribution in [3.63, 3.8) is 0 Å². The molecular formula is C18H32O8. The van der Waals surface area contributed by atoms with Crippen molar-refractivity contribution in [2.24, 2.45) is 17.8 Å². The molecule has 6 unspecified atom stereocenters. The van der Waals surface area contributed by atoms with Crippen LogP contribution in [-0.4, -0.2) is 99.2 Å². The lowest BCUT2D eigenvalue weighted by atomic mass is 9.77. The average molecular weight is 376 g/mol. The third-order valence-electron chi connectivity index (χ3n) is 5.23. The van der Waals surface area contributed by atoms with Gasteiger partial charge >= 0.3 is 0 Å². The highest BCUT2D eigenvalue weighted by Crippen LogP contribution is 2.35.